The van der Waals surface area contributed by atoms with Gasteiger partial charge in [-0.25, -0.2) is 0 Å². The van der Waals surface area contributed by atoms with Crippen LogP contribution in [0.15, 0.2) is 26.7 Å². The fourth-order valence-electron chi connectivity index (χ4n) is 1.23. The van der Waals surface area contributed by atoms with Crippen LogP contribution >= 0.6 is 34.4 Å². The number of hydrogen-bond acceptors (Lipinski definition) is 6. The van der Waals surface area contributed by atoms with Gasteiger partial charge in [0.1, 0.15) is 5.51 Å². The lowest BCUT2D eigenvalue weighted by Crippen LogP contribution is -2.19. The van der Waals surface area contributed by atoms with Gasteiger partial charge in [-0.2, -0.15) is 11.3 Å². The maximum Gasteiger partial charge on any atom is 0.174 e. The monoisotopic (exact) mass is 271 g/mol. The van der Waals surface area contributed by atoms with Gasteiger partial charge in [0.15, 0.2) is 4.34 Å². The first-order chi connectivity index (χ1) is 7.95. The lowest BCUT2D eigenvalue weighted by atomic mass is 10.2. The summed E-state index contributed by atoms with van der Waals surface area (Å²) in [5.41, 5.74) is 3.20. The summed E-state index contributed by atoms with van der Waals surface area (Å²) in [5, 5.41) is 15.5. The number of thioether (sulfide) groups is 1. The number of nitrogens with one attached hydrogen (secondary N) is 1. The van der Waals surface area contributed by atoms with Gasteiger partial charge < -0.3 is 5.32 Å². The van der Waals surface area contributed by atoms with E-state index in [1.54, 1.807) is 39.9 Å². The Kier molecular flexibility index (Phi) is 5.27. The normalized spacial score (nSPS) is 10.8. The molecule has 0 saturated carbocycles. The van der Waals surface area contributed by atoms with Crippen LogP contribution in [0.3, 0.4) is 0 Å². The van der Waals surface area contributed by atoms with E-state index in [4.69, 9.17) is 0 Å². The third-order valence-electron chi connectivity index (χ3n) is 2.01. The van der Waals surface area contributed by atoms with Crippen molar-refractivity contribution < 1.29 is 0 Å². The van der Waals surface area contributed by atoms with E-state index in [0.29, 0.717) is 0 Å². The molecule has 0 radical (unpaired) electrons. The largest absolute Gasteiger partial charge is 0.316 e. The highest BCUT2D eigenvalue weighted by Gasteiger charge is 1.97. The molecular weight excluding hydrogens is 258 g/mol. The van der Waals surface area contributed by atoms with Crippen LogP contribution in [-0.2, 0) is 6.42 Å². The number of rotatable bonds is 7. The van der Waals surface area contributed by atoms with Crippen LogP contribution < -0.4 is 5.32 Å². The second-order valence-corrected chi connectivity index (χ2v) is 6.14. The van der Waals surface area contributed by atoms with Crippen molar-refractivity contribution in [3.63, 3.8) is 0 Å². The van der Waals surface area contributed by atoms with Crippen LogP contribution in [0.5, 0.6) is 0 Å². The molecule has 86 valence electrons. The van der Waals surface area contributed by atoms with Crippen molar-refractivity contribution in [2.24, 2.45) is 0 Å². The molecule has 2 aromatic rings. The van der Waals surface area contributed by atoms with Crippen molar-refractivity contribution in [2.45, 2.75) is 10.8 Å². The quantitative estimate of drug-likeness (QED) is 0.620. The van der Waals surface area contributed by atoms with Crippen molar-refractivity contribution in [1.82, 2.24) is 15.5 Å². The Hall–Kier alpha value is -0.430. The van der Waals surface area contributed by atoms with Gasteiger partial charge in [0, 0.05) is 12.3 Å². The van der Waals surface area contributed by atoms with Gasteiger partial charge in [-0.15, -0.1) is 10.2 Å². The maximum absolute atomic E-state index is 3.98. The van der Waals surface area contributed by atoms with Crippen LogP contribution in [0, 0.1) is 0 Å². The van der Waals surface area contributed by atoms with Gasteiger partial charge in [0.05, 0.1) is 0 Å². The second kappa shape index (κ2) is 7.01. The predicted octanol–water partition coefficient (Wildman–Crippen LogP) is 2.52. The van der Waals surface area contributed by atoms with E-state index in [9.17, 15) is 0 Å². The molecular formula is C10H13N3S3. The lowest BCUT2D eigenvalue weighted by Gasteiger charge is -2.01. The zero-order valence-corrected chi connectivity index (χ0v) is 11.2. The molecule has 0 unspecified atom stereocenters. The van der Waals surface area contributed by atoms with Crippen LogP contribution in [-0.4, -0.2) is 29.0 Å². The Morgan fingerprint density at radius 2 is 2.38 bits per heavy atom. The summed E-state index contributed by atoms with van der Waals surface area (Å²) in [6.45, 7) is 2.07. The van der Waals surface area contributed by atoms with Crippen molar-refractivity contribution in [3.8, 4) is 0 Å². The van der Waals surface area contributed by atoms with Gasteiger partial charge >= 0.3 is 0 Å². The summed E-state index contributed by atoms with van der Waals surface area (Å²) in [5.74, 6) is 1.05. The lowest BCUT2D eigenvalue weighted by molar-refractivity contribution is 0.722. The molecule has 0 spiro atoms. The average molecular weight is 271 g/mol. The maximum atomic E-state index is 3.98. The van der Waals surface area contributed by atoms with Crippen LogP contribution in [0.1, 0.15) is 5.56 Å². The van der Waals surface area contributed by atoms with E-state index in [1.807, 2.05) is 0 Å². The summed E-state index contributed by atoms with van der Waals surface area (Å²) in [6.07, 6.45) is 1.12. The first-order valence-electron chi connectivity index (χ1n) is 5.06. The van der Waals surface area contributed by atoms with E-state index in [-0.39, 0.29) is 0 Å². The van der Waals surface area contributed by atoms with Gasteiger partial charge in [-0.1, -0.05) is 23.1 Å². The highest BCUT2D eigenvalue weighted by Crippen LogP contribution is 2.17. The summed E-state index contributed by atoms with van der Waals surface area (Å²) < 4.78 is 1.06. The van der Waals surface area contributed by atoms with Crippen LogP contribution in [0.4, 0.5) is 0 Å². The third-order valence-corrected chi connectivity index (χ3v) is 4.61. The number of nitrogens with zero attached hydrogens (tertiary/aromatic N) is 2. The molecule has 16 heavy (non-hydrogen) atoms. The molecule has 0 amide bonds. The predicted molar refractivity (Wildman–Crippen MR) is 71.5 cm³/mol. The summed E-state index contributed by atoms with van der Waals surface area (Å²) in [6, 6.07) is 2.18. The Bertz CT molecular complexity index is 334. The molecule has 0 aliphatic carbocycles. The van der Waals surface area contributed by atoms with Crippen LogP contribution in [0.2, 0.25) is 0 Å². The van der Waals surface area contributed by atoms with E-state index in [2.05, 4.69) is 32.3 Å². The number of hydrogen-bond donors (Lipinski definition) is 1. The standard InChI is InChI=1S/C10H13N3S3/c1(9-2-5-14-7-9)3-11-4-6-15-10-13-12-8-16-10/h2,5,7-8,11H,1,3-4,6H2. The molecule has 2 rings (SSSR count). The fourth-order valence-corrected chi connectivity index (χ4v) is 3.39. The molecule has 0 aromatic carbocycles. The number of thiophene rings is 1. The molecule has 6 heteroatoms. The highest BCUT2D eigenvalue weighted by molar-refractivity contribution is 8.01. The van der Waals surface area contributed by atoms with Crippen molar-refractivity contribution >= 4 is 34.4 Å². The molecule has 2 heterocycles. The fraction of sp³-hybridized carbons (Fsp3) is 0.400. The SMILES string of the molecule is c1cc(CCNCCSc2nncs2)cs1. The Labute approximate surface area is 107 Å². The second-order valence-electron chi connectivity index (χ2n) is 3.18. The minimum absolute atomic E-state index is 1.02. The minimum atomic E-state index is 1.02. The van der Waals surface area contributed by atoms with Gasteiger partial charge in [-0.05, 0) is 35.4 Å². The van der Waals surface area contributed by atoms with Crippen molar-refractivity contribution in [1.29, 1.82) is 0 Å². The zero-order chi connectivity index (χ0) is 11.1. The van der Waals surface area contributed by atoms with E-state index >= 15 is 0 Å². The summed E-state index contributed by atoms with van der Waals surface area (Å²) >= 11 is 5.12. The highest BCUT2D eigenvalue weighted by atomic mass is 32.2. The Morgan fingerprint density at radius 1 is 1.38 bits per heavy atom. The molecule has 0 fully saturated rings. The summed E-state index contributed by atoms with van der Waals surface area (Å²) in [4.78, 5) is 0. The molecule has 0 bridgehead atoms. The molecule has 3 nitrogen and oxygen atoms in total. The molecule has 0 aliphatic rings. The smallest absolute Gasteiger partial charge is 0.174 e. The molecule has 2 aromatic heterocycles. The van der Waals surface area contributed by atoms with Gasteiger partial charge in [0.25, 0.3) is 0 Å². The molecule has 0 aliphatic heterocycles. The zero-order valence-electron chi connectivity index (χ0n) is 8.76. The van der Waals surface area contributed by atoms with E-state index in [0.717, 1.165) is 29.6 Å². The molecule has 1 N–H and O–H groups in total. The molecule has 0 atom stereocenters. The van der Waals surface area contributed by atoms with Crippen molar-refractivity contribution in [3.05, 3.63) is 27.9 Å². The Morgan fingerprint density at radius 3 is 3.12 bits per heavy atom. The Balaban J connectivity index is 1.49. The van der Waals surface area contributed by atoms with Crippen molar-refractivity contribution in [2.75, 3.05) is 18.8 Å². The first-order valence-corrected chi connectivity index (χ1v) is 7.87. The number of aromatic nitrogens is 2. The van der Waals surface area contributed by atoms with E-state index in [1.165, 1.54) is 5.56 Å². The van der Waals surface area contributed by atoms with Gasteiger partial charge in [0.2, 0.25) is 0 Å². The third kappa shape index (κ3) is 4.21. The molecule has 0 saturated heterocycles. The average Bonchev–Trinajstić information content (AvgIpc) is 2.96. The first kappa shape index (κ1) is 12.0. The van der Waals surface area contributed by atoms with E-state index < -0.39 is 0 Å². The van der Waals surface area contributed by atoms with Gasteiger partial charge in [-0.3, -0.25) is 0 Å². The summed E-state index contributed by atoms with van der Waals surface area (Å²) in [7, 11) is 0. The minimum Gasteiger partial charge on any atom is -0.316 e. The topological polar surface area (TPSA) is 37.8 Å². The van der Waals surface area contributed by atoms with Crippen LogP contribution in [0.25, 0.3) is 0 Å².